The molecule has 12 heteroatoms. The average Bonchev–Trinajstić information content (AvgIpc) is 3.49. The van der Waals surface area contributed by atoms with Gasteiger partial charge >= 0.3 is 6.55 Å². The number of aryl methyl sites for hydroxylation is 1. The molecule has 1 aliphatic rings. The van der Waals surface area contributed by atoms with E-state index in [0.717, 1.165) is 4.88 Å². The van der Waals surface area contributed by atoms with Crippen molar-refractivity contribution in [3.8, 4) is 10.7 Å². The van der Waals surface area contributed by atoms with Gasteiger partial charge in [0.2, 0.25) is 5.95 Å². The highest BCUT2D eigenvalue weighted by Crippen LogP contribution is 2.45. The molecule has 0 unspecified atom stereocenters. The number of fused-ring (bicyclic) bond motifs is 1. The lowest BCUT2D eigenvalue weighted by molar-refractivity contribution is 0.0586. The van der Waals surface area contributed by atoms with Gasteiger partial charge in [-0.15, -0.1) is 11.3 Å². The van der Waals surface area contributed by atoms with Crippen molar-refractivity contribution in [3.63, 3.8) is 0 Å². The Balaban J connectivity index is 1.45. The van der Waals surface area contributed by atoms with Crippen LogP contribution in [0.5, 0.6) is 0 Å². The molecule has 1 amide bonds. The maximum absolute atomic E-state index is 13.7. The van der Waals surface area contributed by atoms with E-state index in [4.69, 9.17) is 0 Å². The Morgan fingerprint density at radius 2 is 1.97 bits per heavy atom. The maximum Gasteiger partial charge on any atom is 0.335 e. The van der Waals surface area contributed by atoms with Crippen LogP contribution in [0.4, 0.5) is 24.9 Å². The fourth-order valence-corrected chi connectivity index (χ4v) is 5.20. The second-order valence-electron chi connectivity index (χ2n) is 8.57. The van der Waals surface area contributed by atoms with Gasteiger partial charge in [0.1, 0.15) is 28.0 Å². The molecule has 0 saturated carbocycles. The molecule has 0 atom stereocenters. The topological polar surface area (TPSA) is 88.8 Å². The summed E-state index contributed by atoms with van der Waals surface area (Å²) in [7, 11) is 0. The lowest BCUT2D eigenvalue weighted by Gasteiger charge is -2.32. The van der Waals surface area contributed by atoms with E-state index >= 15 is 0 Å². The van der Waals surface area contributed by atoms with Gasteiger partial charge in [-0.1, -0.05) is 12.1 Å². The SMILES string of the molecule is Cc1cnc(Nc2ccnn2C(F)F)nc1-c1nc2c(s1)C(C)(C)N(Cc1cccc(F)c1)C2=O. The number of hydrogen-bond acceptors (Lipinski definition) is 7. The predicted molar refractivity (Wildman–Crippen MR) is 124 cm³/mol. The molecule has 0 saturated heterocycles. The van der Waals surface area contributed by atoms with Gasteiger partial charge in [0.25, 0.3) is 5.91 Å². The molecule has 8 nitrogen and oxygen atoms in total. The molecule has 180 valence electrons. The highest BCUT2D eigenvalue weighted by Gasteiger charge is 2.46. The zero-order valence-electron chi connectivity index (χ0n) is 19.0. The van der Waals surface area contributed by atoms with E-state index in [0.29, 0.717) is 32.2 Å². The summed E-state index contributed by atoms with van der Waals surface area (Å²) in [5.74, 6) is -0.465. The number of benzene rings is 1. The molecule has 0 fully saturated rings. The van der Waals surface area contributed by atoms with Crippen molar-refractivity contribution >= 4 is 29.0 Å². The fourth-order valence-electron chi connectivity index (χ4n) is 3.97. The first-order valence-electron chi connectivity index (χ1n) is 10.7. The number of rotatable bonds is 6. The normalized spacial score (nSPS) is 14.6. The minimum atomic E-state index is -2.82. The van der Waals surface area contributed by atoms with Crippen molar-refractivity contribution in [2.75, 3.05) is 5.32 Å². The quantitative estimate of drug-likeness (QED) is 0.389. The molecule has 4 aromatic rings. The largest absolute Gasteiger partial charge is 0.335 e. The van der Waals surface area contributed by atoms with E-state index in [9.17, 15) is 18.0 Å². The van der Waals surface area contributed by atoms with Gasteiger partial charge in [-0.2, -0.15) is 18.6 Å². The number of anilines is 2. The number of carbonyl (C=O) groups excluding carboxylic acids is 1. The molecule has 1 aliphatic heterocycles. The number of halogens is 3. The summed E-state index contributed by atoms with van der Waals surface area (Å²) in [5.41, 5.74) is 1.56. The Morgan fingerprint density at radius 3 is 2.69 bits per heavy atom. The average molecular weight is 500 g/mol. The van der Waals surface area contributed by atoms with Crippen LogP contribution in [0.2, 0.25) is 0 Å². The highest BCUT2D eigenvalue weighted by atomic mass is 32.1. The second kappa shape index (κ2) is 8.45. The number of aromatic nitrogens is 5. The zero-order valence-corrected chi connectivity index (χ0v) is 19.8. The van der Waals surface area contributed by atoms with Crippen molar-refractivity contribution in [1.29, 1.82) is 0 Å². The number of nitrogens with zero attached hydrogens (tertiary/aromatic N) is 6. The number of hydrogen-bond donors (Lipinski definition) is 1. The van der Waals surface area contributed by atoms with Gasteiger partial charge in [0, 0.05) is 18.8 Å². The summed E-state index contributed by atoms with van der Waals surface area (Å²) in [6, 6.07) is 7.55. The monoisotopic (exact) mass is 499 g/mol. The van der Waals surface area contributed by atoms with Crippen LogP contribution in [-0.2, 0) is 12.1 Å². The summed E-state index contributed by atoms with van der Waals surface area (Å²) < 4.78 is 40.4. The summed E-state index contributed by atoms with van der Waals surface area (Å²) in [6.07, 6.45) is 2.81. The van der Waals surface area contributed by atoms with Crippen molar-refractivity contribution in [3.05, 3.63) is 70.2 Å². The Kier molecular flexibility index (Phi) is 5.55. The number of thiazole rings is 1. The van der Waals surface area contributed by atoms with Gasteiger partial charge in [-0.05, 0) is 44.0 Å². The van der Waals surface area contributed by atoms with Crippen molar-refractivity contribution in [2.24, 2.45) is 0 Å². The molecule has 4 heterocycles. The standard InChI is InChI=1S/C23H20F3N7OS/c1-12-10-27-22(29-15-7-8-28-33(15)21(25)26)31-16(12)19-30-17-18(35-19)23(2,3)32(20(17)34)11-13-5-4-6-14(24)9-13/h4-10,21H,11H2,1-3H3,(H,27,29,31). The summed E-state index contributed by atoms with van der Waals surface area (Å²) in [6.45, 7) is 3.08. The number of amides is 1. The second-order valence-corrected chi connectivity index (χ2v) is 9.56. The smallest absolute Gasteiger partial charge is 0.323 e. The maximum atomic E-state index is 13.7. The minimum absolute atomic E-state index is 0.0423. The third-order valence-electron chi connectivity index (χ3n) is 5.80. The number of nitrogens with one attached hydrogen (secondary N) is 1. The van der Waals surface area contributed by atoms with Crippen LogP contribution < -0.4 is 5.32 Å². The number of carbonyl (C=O) groups is 1. The van der Waals surface area contributed by atoms with Crippen LogP contribution in [-0.4, -0.2) is 35.5 Å². The number of alkyl halides is 2. The van der Waals surface area contributed by atoms with Crippen LogP contribution in [0.15, 0.2) is 42.7 Å². The van der Waals surface area contributed by atoms with Crippen LogP contribution in [0.1, 0.15) is 46.9 Å². The molecular formula is C23H20F3N7OS. The molecule has 5 rings (SSSR count). The predicted octanol–water partition coefficient (Wildman–Crippen LogP) is 5.27. The molecular weight excluding hydrogens is 479 g/mol. The first-order valence-corrected chi connectivity index (χ1v) is 11.5. The molecule has 0 aliphatic carbocycles. The van der Waals surface area contributed by atoms with Crippen LogP contribution >= 0.6 is 11.3 Å². The zero-order chi connectivity index (χ0) is 24.9. The third-order valence-corrected chi connectivity index (χ3v) is 7.18. The van der Waals surface area contributed by atoms with E-state index in [1.165, 1.54) is 35.7 Å². The molecule has 0 spiro atoms. The highest BCUT2D eigenvalue weighted by molar-refractivity contribution is 7.15. The fraction of sp³-hybridized carbons (Fsp3) is 0.261. The Bertz CT molecular complexity index is 1430. The summed E-state index contributed by atoms with van der Waals surface area (Å²) in [4.78, 5) is 28.9. The Labute approximate surface area is 202 Å². The lowest BCUT2D eigenvalue weighted by Crippen LogP contribution is -2.38. The van der Waals surface area contributed by atoms with Crippen molar-refractivity contribution in [2.45, 2.75) is 39.4 Å². The molecule has 1 N–H and O–H groups in total. The van der Waals surface area contributed by atoms with E-state index in [1.807, 2.05) is 13.8 Å². The van der Waals surface area contributed by atoms with E-state index in [-0.39, 0.29) is 30.0 Å². The van der Waals surface area contributed by atoms with Gasteiger partial charge in [-0.25, -0.2) is 19.3 Å². The summed E-state index contributed by atoms with van der Waals surface area (Å²) >= 11 is 1.34. The minimum Gasteiger partial charge on any atom is -0.323 e. The molecule has 0 radical (unpaired) electrons. The van der Waals surface area contributed by atoms with Gasteiger partial charge in [0.15, 0.2) is 0 Å². The first kappa shape index (κ1) is 23.0. The van der Waals surface area contributed by atoms with E-state index in [1.54, 1.807) is 30.2 Å². The lowest BCUT2D eigenvalue weighted by atomic mass is 10.0. The van der Waals surface area contributed by atoms with Gasteiger partial charge in [-0.3, -0.25) is 4.79 Å². The van der Waals surface area contributed by atoms with E-state index < -0.39 is 12.1 Å². The van der Waals surface area contributed by atoms with Crippen molar-refractivity contribution in [1.82, 2.24) is 29.6 Å². The van der Waals surface area contributed by atoms with E-state index in [2.05, 4.69) is 25.4 Å². The van der Waals surface area contributed by atoms with Crippen LogP contribution in [0.25, 0.3) is 10.7 Å². The molecule has 3 aromatic heterocycles. The molecule has 0 bridgehead atoms. The van der Waals surface area contributed by atoms with Crippen LogP contribution in [0, 0.1) is 12.7 Å². The Morgan fingerprint density at radius 1 is 1.17 bits per heavy atom. The van der Waals surface area contributed by atoms with Gasteiger partial charge < -0.3 is 10.2 Å². The molecule has 1 aromatic carbocycles. The van der Waals surface area contributed by atoms with Gasteiger partial charge in [0.05, 0.1) is 16.6 Å². The molecule has 35 heavy (non-hydrogen) atoms. The first-order chi connectivity index (χ1) is 16.6. The summed E-state index contributed by atoms with van der Waals surface area (Å²) in [5, 5.41) is 6.86. The van der Waals surface area contributed by atoms with Crippen molar-refractivity contribution < 1.29 is 18.0 Å². The third kappa shape index (κ3) is 4.03. The van der Waals surface area contributed by atoms with Crippen LogP contribution in [0.3, 0.4) is 0 Å². The Hall–Kier alpha value is -3.80.